The van der Waals surface area contributed by atoms with Crippen LogP contribution in [0.4, 0.5) is 11.8 Å². The van der Waals surface area contributed by atoms with Crippen LogP contribution in [0, 0.1) is 0 Å². The predicted molar refractivity (Wildman–Crippen MR) is 98.4 cm³/mol. The van der Waals surface area contributed by atoms with Crippen LogP contribution >= 0.6 is 0 Å². The number of ether oxygens (including phenoxy) is 1. The van der Waals surface area contributed by atoms with E-state index in [1.807, 2.05) is 6.92 Å². The van der Waals surface area contributed by atoms with Crippen molar-refractivity contribution in [3.8, 4) is 0 Å². The van der Waals surface area contributed by atoms with Gasteiger partial charge < -0.3 is 30.7 Å². The van der Waals surface area contributed by atoms with E-state index in [-0.39, 0.29) is 6.61 Å². The summed E-state index contributed by atoms with van der Waals surface area (Å²) in [6.07, 6.45) is 1.87. The molecule has 10 heteroatoms. The number of aromatic nitrogens is 4. The molecule has 0 unspecified atom stereocenters. The Labute approximate surface area is 156 Å². The van der Waals surface area contributed by atoms with Gasteiger partial charge >= 0.3 is 0 Å². The Hall–Kier alpha value is -2.01. The molecule has 1 saturated carbocycles. The zero-order chi connectivity index (χ0) is 19.0. The molecule has 1 aliphatic heterocycles. The lowest BCUT2D eigenvalue weighted by molar-refractivity contribution is -0.0501. The molecule has 4 rings (SSSR count). The van der Waals surface area contributed by atoms with Crippen LogP contribution in [0.2, 0.25) is 0 Å². The van der Waals surface area contributed by atoms with E-state index in [9.17, 15) is 15.3 Å². The summed E-state index contributed by atoms with van der Waals surface area (Å²) in [6.45, 7) is 2.16. The Morgan fingerprint density at radius 1 is 1.22 bits per heavy atom. The Bertz CT molecular complexity index is 793. The fourth-order valence-corrected chi connectivity index (χ4v) is 3.90. The van der Waals surface area contributed by atoms with Gasteiger partial charge in [0.05, 0.1) is 6.61 Å². The molecule has 2 fully saturated rings. The maximum Gasteiger partial charge on any atom is 0.207 e. The highest BCUT2D eigenvalue weighted by molar-refractivity contribution is 5.85. The fraction of sp³-hybridized carbons (Fsp3) is 0.706. The van der Waals surface area contributed by atoms with Crippen LogP contribution in [-0.4, -0.2) is 72.3 Å². The smallest absolute Gasteiger partial charge is 0.207 e. The Balaban J connectivity index is 1.76. The molecule has 1 saturated heterocycles. The summed E-state index contributed by atoms with van der Waals surface area (Å²) < 4.78 is 7.33. The van der Waals surface area contributed by atoms with Gasteiger partial charge in [-0.3, -0.25) is 4.57 Å². The van der Waals surface area contributed by atoms with Gasteiger partial charge in [-0.15, -0.1) is 0 Å². The van der Waals surface area contributed by atoms with Gasteiger partial charge in [0, 0.05) is 12.6 Å². The van der Waals surface area contributed by atoms with E-state index in [1.165, 1.54) is 19.2 Å². The van der Waals surface area contributed by atoms with E-state index in [0.717, 1.165) is 12.8 Å². The van der Waals surface area contributed by atoms with E-state index in [1.54, 1.807) is 4.57 Å². The Morgan fingerprint density at radius 2 is 2.00 bits per heavy atom. The Morgan fingerprint density at radius 3 is 2.67 bits per heavy atom. The highest BCUT2D eigenvalue weighted by Crippen LogP contribution is 2.35. The van der Waals surface area contributed by atoms with Crippen molar-refractivity contribution in [3.05, 3.63) is 6.33 Å². The molecule has 0 amide bonds. The normalized spacial score (nSPS) is 28.9. The molecule has 10 nitrogen and oxygen atoms in total. The third kappa shape index (κ3) is 3.22. The van der Waals surface area contributed by atoms with Crippen LogP contribution in [0.1, 0.15) is 38.8 Å². The third-order valence-electron chi connectivity index (χ3n) is 5.28. The van der Waals surface area contributed by atoms with Gasteiger partial charge in [0.2, 0.25) is 5.95 Å². The first-order valence-corrected chi connectivity index (χ1v) is 9.49. The first-order chi connectivity index (χ1) is 13.1. The summed E-state index contributed by atoms with van der Waals surface area (Å²) in [5, 5.41) is 36.6. The lowest BCUT2D eigenvalue weighted by Crippen LogP contribution is -2.33. The summed E-state index contributed by atoms with van der Waals surface area (Å²) in [5.41, 5.74) is 1.08. The van der Waals surface area contributed by atoms with Gasteiger partial charge in [0.25, 0.3) is 0 Å². The van der Waals surface area contributed by atoms with Crippen molar-refractivity contribution in [2.24, 2.45) is 0 Å². The minimum atomic E-state index is -1.21. The number of aliphatic hydroxyl groups is 3. The van der Waals surface area contributed by atoms with Gasteiger partial charge in [0.15, 0.2) is 23.2 Å². The molecule has 0 aromatic carbocycles. The summed E-state index contributed by atoms with van der Waals surface area (Å²) in [4.78, 5) is 13.3. The molecule has 0 radical (unpaired) electrons. The minimum absolute atomic E-state index is 0.366. The number of aliphatic hydroxyl groups excluding tert-OH is 3. The van der Waals surface area contributed by atoms with Gasteiger partial charge in [0.1, 0.15) is 24.6 Å². The number of imidazole rings is 1. The molecule has 0 bridgehead atoms. The highest BCUT2D eigenvalue weighted by atomic mass is 16.6. The van der Waals surface area contributed by atoms with Crippen molar-refractivity contribution in [1.82, 2.24) is 19.5 Å². The number of nitrogens with one attached hydrogen (secondary N) is 2. The molecule has 4 atom stereocenters. The Kier molecular flexibility index (Phi) is 5.13. The third-order valence-corrected chi connectivity index (χ3v) is 5.28. The zero-order valence-electron chi connectivity index (χ0n) is 15.2. The number of hydrogen-bond donors (Lipinski definition) is 5. The largest absolute Gasteiger partial charge is 0.394 e. The average molecular weight is 378 g/mol. The lowest BCUT2D eigenvalue weighted by Gasteiger charge is -2.19. The first-order valence-electron chi connectivity index (χ1n) is 9.49. The molecule has 5 N–H and O–H groups in total. The number of anilines is 2. The van der Waals surface area contributed by atoms with E-state index < -0.39 is 24.5 Å². The SMILES string of the molecule is CCNc1nc2c(NC3CCCC3)ncnc2n1[C@@H]1O[C@H](CO)[C@@H](O)[C@H]1O. The van der Waals surface area contributed by atoms with Crippen LogP contribution in [0.5, 0.6) is 0 Å². The molecular weight excluding hydrogens is 352 g/mol. The highest BCUT2D eigenvalue weighted by Gasteiger charge is 2.45. The van der Waals surface area contributed by atoms with Crippen LogP contribution in [0.15, 0.2) is 6.33 Å². The molecule has 148 valence electrons. The number of hydrogen-bond acceptors (Lipinski definition) is 9. The predicted octanol–water partition coefficient (Wildman–Crippen LogP) is 0.224. The second kappa shape index (κ2) is 7.55. The average Bonchev–Trinajstić information content (AvgIpc) is 3.36. The van der Waals surface area contributed by atoms with Gasteiger partial charge in [-0.25, -0.2) is 15.0 Å². The maximum absolute atomic E-state index is 10.5. The molecule has 3 heterocycles. The van der Waals surface area contributed by atoms with E-state index in [0.29, 0.717) is 35.5 Å². The summed E-state index contributed by atoms with van der Waals surface area (Å²) in [5.74, 6) is 1.12. The zero-order valence-corrected chi connectivity index (χ0v) is 15.2. The monoisotopic (exact) mass is 378 g/mol. The van der Waals surface area contributed by atoms with Crippen molar-refractivity contribution in [2.45, 2.75) is 63.2 Å². The van der Waals surface area contributed by atoms with Gasteiger partial charge in [-0.05, 0) is 19.8 Å². The van der Waals surface area contributed by atoms with E-state index >= 15 is 0 Å². The molecule has 0 spiro atoms. The standard InChI is InChI=1S/C17H26N6O4/c1-2-18-17-22-11-14(21-9-5-3-4-6-9)19-8-20-15(11)23(17)16-13(26)12(25)10(7-24)27-16/h8-10,12-13,16,24-26H,2-7H2,1H3,(H,18,22)(H,19,20,21)/t10-,12-,13-,16-/m1/s1. The fourth-order valence-electron chi connectivity index (χ4n) is 3.90. The molecule has 2 aromatic rings. The lowest BCUT2D eigenvalue weighted by atomic mass is 10.1. The van der Waals surface area contributed by atoms with E-state index in [4.69, 9.17) is 4.74 Å². The minimum Gasteiger partial charge on any atom is -0.394 e. The van der Waals surface area contributed by atoms with E-state index in [2.05, 4.69) is 25.6 Å². The van der Waals surface area contributed by atoms with Crippen molar-refractivity contribution >= 4 is 22.9 Å². The molecular formula is C17H26N6O4. The number of rotatable bonds is 6. The van der Waals surface area contributed by atoms with Crippen molar-refractivity contribution in [1.29, 1.82) is 0 Å². The van der Waals surface area contributed by atoms with Crippen molar-refractivity contribution in [3.63, 3.8) is 0 Å². The summed E-state index contributed by atoms with van der Waals surface area (Å²) in [7, 11) is 0. The molecule has 2 aliphatic rings. The second-order valence-electron chi connectivity index (χ2n) is 7.08. The van der Waals surface area contributed by atoms with Crippen LogP contribution in [-0.2, 0) is 4.74 Å². The van der Waals surface area contributed by atoms with Gasteiger partial charge in [-0.1, -0.05) is 12.8 Å². The van der Waals surface area contributed by atoms with Gasteiger partial charge in [-0.2, -0.15) is 0 Å². The molecule has 27 heavy (non-hydrogen) atoms. The summed E-state index contributed by atoms with van der Waals surface area (Å²) >= 11 is 0. The first kappa shape index (κ1) is 18.4. The van der Waals surface area contributed by atoms with Crippen LogP contribution < -0.4 is 10.6 Å². The second-order valence-corrected chi connectivity index (χ2v) is 7.08. The summed E-state index contributed by atoms with van der Waals surface area (Å²) in [6, 6.07) is 0.366. The molecule has 1 aliphatic carbocycles. The van der Waals surface area contributed by atoms with Crippen LogP contribution in [0.25, 0.3) is 11.2 Å². The quantitative estimate of drug-likeness (QED) is 0.478. The van der Waals surface area contributed by atoms with Crippen molar-refractivity contribution in [2.75, 3.05) is 23.8 Å². The van der Waals surface area contributed by atoms with Crippen LogP contribution in [0.3, 0.4) is 0 Å². The molecule has 2 aromatic heterocycles. The maximum atomic E-state index is 10.5. The van der Waals surface area contributed by atoms with Crippen molar-refractivity contribution < 1.29 is 20.1 Å². The topological polar surface area (TPSA) is 138 Å². The number of fused-ring (bicyclic) bond motifs is 1. The number of nitrogens with zero attached hydrogens (tertiary/aromatic N) is 4.